The van der Waals surface area contributed by atoms with Crippen molar-refractivity contribution in [3.8, 4) is 0 Å². The van der Waals surface area contributed by atoms with E-state index in [1.807, 2.05) is 13.1 Å². The lowest BCUT2D eigenvalue weighted by Gasteiger charge is -2.19. The fourth-order valence-corrected chi connectivity index (χ4v) is 1.44. The highest BCUT2D eigenvalue weighted by atomic mass is 16.3. The van der Waals surface area contributed by atoms with Gasteiger partial charge >= 0.3 is 0 Å². The fourth-order valence-electron chi connectivity index (χ4n) is 1.44. The van der Waals surface area contributed by atoms with Crippen LogP contribution in [0.25, 0.3) is 0 Å². The normalized spacial score (nSPS) is 14.2. The number of aromatic amines is 1. The molecule has 1 atom stereocenters. The summed E-state index contributed by atoms with van der Waals surface area (Å²) in [5.74, 6) is 0. The Morgan fingerprint density at radius 3 is 2.73 bits per heavy atom. The Morgan fingerprint density at radius 2 is 2.20 bits per heavy atom. The minimum atomic E-state index is 0.0793. The number of aliphatic hydroxyl groups excluding tert-OH is 1. The second-order valence-electron chi connectivity index (χ2n) is 4.98. The van der Waals surface area contributed by atoms with E-state index in [4.69, 9.17) is 5.11 Å². The minimum Gasteiger partial charge on any atom is -0.395 e. The van der Waals surface area contributed by atoms with Crippen LogP contribution in [-0.4, -0.2) is 28.0 Å². The Bertz CT molecular complexity index is 301. The molecule has 1 aromatic heterocycles. The highest BCUT2D eigenvalue weighted by Crippen LogP contribution is 2.23. The summed E-state index contributed by atoms with van der Waals surface area (Å²) < 4.78 is 0. The maximum Gasteiger partial charge on any atom is 0.0582 e. The largest absolute Gasteiger partial charge is 0.395 e. The number of nitrogens with one attached hydrogen (secondary N) is 2. The van der Waals surface area contributed by atoms with Crippen LogP contribution in [0.5, 0.6) is 0 Å². The van der Waals surface area contributed by atoms with Gasteiger partial charge in [-0.2, -0.15) is 5.10 Å². The molecule has 4 nitrogen and oxygen atoms in total. The standard InChI is InChI=1S/C11H21N3O/c1-8(7-15)12-5-9-6-13-14-10(9)11(2,3)4/h6,8,12,15H,5,7H2,1-4H3,(H,13,14)/t8-/m1/s1. The first kappa shape index (κ1) is 12.2. The molecular formula is C11H21N3O. The summed E-state index contributed by atoms with van der Waals surface area (Å²) in [4.78, 5) is 0. The van der Waals surface area contributed by atoms with Gasteiger partial charge in [-0.05, 0) is 6.92 Å². The van der Waals surface area contributed by atoms with Crippen molar-refractivity contribution in [2.24, 2.45) is 0 Å². The molecule has 0 saturated heterocycles. The number of rotatable bonds is 4. The topological polar surface area (TPSA) is 60.9 Å². The van der Waals surface area contributed by atoms with Crippen molar-refractivity contribution in [2.75, 3.05) is 6.61 Å². The third kappa shape index (κ3) is 3.32. The Labute approximate surface area is 91.1 Å². The smallest absolute Gasteiger partial charge is 0.0582 e. The van der Waals surface area contributed by atoms with E-state index in [-0.39, 0.29) is 18.1 Å². The number of aromatic nitrogens is 2. The van der Waals surface area contributed by atoms with Gasteiger partial charge in [0.05, 0.1) is 12.8 Å². The van der Waals surface area contributed by atoms with Gasteiger partial charge < -0.3 is 10.4 Å². The molecule has 3 N–H and O–H groups in total. The van der Waals surface area contributed by atoms with Gasteiger partial charge in [0.2, 0.25) is 0 Å². The van der Waals surface area contributed by atoms with Crippen molar-refractivity contribution in [1.82, 2.24) is 15.5 Å². The SMILES string of the molecule is C[C@H](CO)NCc1cn[nH]c1C(C)(C)C. The molecule has 0 unspecified atom stereocenters. The first-order valence-corrected chi connectivity index (χ1v) is 5.32. The predicted molar refractivity (Wildman–Crippen MR) is 60.7 cm³/mol. The molecule has 0 amide bonds. The quantitative estimate of drug-likeness (QED) is 0.701. The molecule has 0 radical (unpaired) electrons. The summed E-state index contributed by atoms with van der Waals surface area (Å²) in [5.41, 5.74) is 2.40. The molecular weight excluding hydrogens is 190 g/mol. The maximum atomic E-state index is 8.91. The van der Waals surface area contributed by atoms with E-state index in [0.717, 1.165) is 12.2 Å². The van der Waals surface area contributed by atoms with Crippen molar-refractivity contribution in [1.29, 1.82) is 0 Å². The van der Waals surface area contributed by atoms with Crippen LogP contribution in [0.15, 0.2) is 6.20 Å². The van der Waals surface area contributed by atoms with Crippen molar-refractivity contribution in [3.63, 3.8) is 0 Å². The molecule has 0 aliphatic heterocycles. The zero-order chi connectivity index (χ0) is 11.5. The van der Waals surface area contributed by atoms with E-state index in [9.17, 15) is 0 Å². The first-order valence-electron chi connectivity index (χ1n) is 5.32. The summed E-state index contributed by atoms with van der Waals surface area (Å²) in [6, 6.07) is 0.118. The Hall–Kier alpha value is -0.870. The molecule has 86 valence electrons. The Kier molecular flexibility index (Phi) is 3.88. The molecule has 0 aromatic carbocycles. The van der Waals surface area contributed by atoms with Crippen LogP contribution < -0.4 is 5.32 Å². The first-order chi connectivity index (χ1) is 6.95. The van der Waals surface area contributed by atoms with Crippen molar-refractivity contribution in [2.45, 2.75) is 45.7 Å². The molecule has 0 spiro atoms. The summed E-state index contributed by atoms with van der Waals surface area (Å²) >= 11 is 0. The summed E-state index contributed by atoms with van der Waals surface area (Å²) in [6.07, 6.45) is 1.84. The molecule has 1 rings (SSSR count). The number of hydrogen-bond donors (Lipinski definition) is 3. The minimum absolute atomic E-state index is 0.0793. The summed E-state index contributed by atoms with van der Waals surface area (Å²) in [5, 5.41) is 19.2. The van der Waals surface area contributed by atoms with Gasteiger partial charge in [-0.25, -0.2) is 0 Å². The average molecular weight is 211 g/mol. The lowest BCUT2D eigenvalue weighted by atomic mass is 9.89. The predicted octanol–water partition coefficient (Wildman–Crippen LogP) is 1.18. The third-order valence-electron chi connectivity index (χ3n) is 2.38. The van der Waals surface area contributed by atoms with E-state index < -0.39 is 0 Å². The van der Waals surface area contributed by atoms with Crippen LogP contribution in [0.4, 0.5) is 0 Å². The van der Waals surface area contributed by atoms with Crippen LogP contribution >= 0.6 is 0 Å². The third-order valence-corrected chi connectivity index (χ3v) is 2.38. The monoisotopic (exact) mass is 211 g/mol. The van der Waals surface area contributed by atoms with Crippen molar-refractivity contribution < 1.29 is 5.11 Å². The number of hydrogen-bond acceptors (Lipinski definition) is 3. The van der Waals surface area contributed by atoms with Crippen LogP contribution in [0.3, 0.4) is 0 Å². The van der Waals surface area contributed by atoms with Gasteiger partial charge in [-0.15, -0.1) is 0 Å². The molecule has 0 bridgehead atoms. The number of nitrogens with zero attached hydrogens (tertiary/aromatic N) is 1. The highest BCUT2D eigenvalue weighted by molar-refractivity contribution is 5.23. The number of H-pyrrole nitrogens is 1. The summed E-state index contributed by atoms with van der Waals surface area (Å²) in [6.45, 7) is 9.31. The second-order valence-corrected chi connectivity index (χ2v) is 4.98. The average Bonchev–Trinajstić information content (AvgIpc) is 2.61. The highest BCUT2D eigenvalue weighted by Gasteiger charge is 2.19. The second kappa shape index (κ2) is 4.77. The lowest BCUT2D eigenvalue weighted by molar-refractivity contribution is 0.251. The van der Waals surface area contributed by atoms with Gasteiger partial charge in [0, 0.05) is 29.3 Å². The van der Waals surface area contributed by atoms with E-state index in [2.05, 4.69) is 36.3 Å². The van der Waals surface area contributed by atoms with Crippen LogP contribution in [0, 0.1) is 0 Å². The lowest BCUT2D eigenvalue weighted by Crippen LogP contribution is -2.29. The van der Waals surface area contributed by atoms with Crippen LogP contribution in [0.2, 0.25) is 0 Å². The van der Waals surface area contributed by atoms with Gasteiger partial charge in [-0.3, -0.25) is 5.10 Å². The molecule has 0 aliphatic rings. The van der Waals surface area contributed by atoms with Crippen LogP contribution in [0.1, 0.15) is 39.0 Å². The zero-order valence-electron chi connectivity index (χ0n) is 9.96. The Balaban J connectivity index is 2.66. The molecule has 15 heavy (non-hydrogen) atoms. The molecule has 4 heteroatoms. The Morgan fingerprint density at radius 1 is 1.53 bits per heavy atom. The molecule has 0 aliphatic carbocycles. The van der Waals surface area contributed by atoms with Crippen molar-refractivity contribution >= 4 is 0 Å². The van der Waals surface area contributed by atoms with Gasteiger partial charge in [0.15, 0.2) is 0 Å². The number of aliphatic hydroxyl groups is 1. The van der Waals surface area contributed by atoms with E-state index in [1.54, 1.807) is 0 Å². The van der Waals surface area contributed by atoms with Crippen molar-refractivity contribution in [3.05, 3.63) is 17.5 Å². The molecule has 0 saturated carbocycles. The van der Waals surface area contributed by atoms with Gasteiger partial charge in [-0.1, -0.05) is 20.8 Å². The van der Waals surface area contributed by atoms with Gasteiger partial charge in [0.25, 0.3) is 0 Å². The van der Waals surface area contributed by atoms with Gasteiger partial charge in [0.1, 0.15) is 0 Å². The molecule has 1 heterocycles. The fraction of sp³-hybridized carbons (Fsp3) is 0.727. The van der Waals surface area contributed by atoms with E-state index >= 15 is 0 Å². The van der Waals surface area contributed by atoms with E-state index in [0.29, 0.717) is 0 Å². The van der Waals surface area contributed by atoms with Crippen LogP contribution in [-0.2, 0) is 12.0 Å². The zero-order valence-corrected chi connectivity index (χ0v) is 9.96. The molecule has 0 fully saturated rings. The summed E-state index contributed by atoms with van der Waals surface area (Å²) in [7, 11) is 0. The van der Waals surface area contributed by atoms with E-state index in [1.165, 1.54) is 5.56 Å². The molecule has 1 aromatic rings. The maximum absolute atomic E-state index is 8.91.